The van der Waals surface area contributed by atoms with E-state index in [2.05, 4.69) is 0 Å². The third kappa shape index (κ3) is 2.01. The predicted molar refractivity (Wildman–Crippen MR) is 56.4 cm³/mol. The van der Waals surface area contributed by atoms with Gasteiger partial charge in [-0.25, -0.2) is 4.39 Å². The Balaban J connectivity index is 3.44. The Morgan fingerprint density at radius 3 is 2.36 bits per heavy atom. The summed E-state index contributed by atoms with van der Waals surface area (Å²) < 4.78 is 13.1. The summed E-state index contributed by atoms with van der Waals surface area (Å²) in [6, 6.07) is 2.36. The lowest BCUT2D eigenvalue weighted by Gasteiger charge is -2.18. The number of phenols is 1. The Hall–Kier alpha value is -1.16. The van der Waals surface area contributed by atoms with E-state index >= 15 is 0 Å². The van der Waals surface area contributed by atoms with E-state index in [-0.39, 0.29) is 11.3 Å². The SMILES string of the molecule is C[Si](C)(C)c1cc(F)cc(C=O)c1O. The van der Waals surface area contributed by atoms with Crippen molar-refractivity contribution in [2.45, 2.75) is 19.6 Å². The van der Waals surface area contributed by atoms with Crippen molar-refractivity contribution >= 4 is 19.5 Å². The smallest absolute Gasteiger partial charge is 0.153 e. The van der Waals surface area contributed by atoms with Crippen LogP contribution in [0.3, 0.4) is 0 Å². The minimum absolute atomic E-state index is 0.0300. The summed E-state index contributed by atoms with van der Waals surface area (Å²) in [7, 11) is -1.81. The molecule has 0 amide bonds. The predicted octanol–water partition coefficient (Wildman–Crippen LogP) is 1.89. The third-order valence-corrected chi connectivity index (χ3v) is 4.04. The van der Waals surface area contributed by atoms with E-state index in [0.29, 0.717) is 11.5 Å². The normalized spacial score (nSPS) is 11.4. The second kappa shape index (κ2) is 3.53. The van der Waals surface area contributed by atoms with Gasteiger partial charge in [-0.15, -0.1) is 0 Å². The third-order valence-electron chi connectivity index (χ3n) is 2.04. The maximum atomic E-state index is 13.1. The van der Waals surface area contributed by atoms with E-state index in [1.54, 1.807) is 0 Å². The van der Waals surface area contributed by atoms with Crippen LogP contribution in [0.15, 0.2) is 12.1 Å². The number of carbonyl (C=O) groups is 1. The molecule has 0 radical (unpaired) electrons. The van der Waals surface area contributed by atoms with Gasteiger partial charge < -0.3 is 5.11 Å². The summed E-state index contributed by atoms with van der Waals surface area (Å²) in [5.41, 5.74) is 0.0300. The van der Waals surface area contributed by atoms with E-state index in [1.165, 1.54) is 6.07 Å². The lowest BCUT2D eigenvalue weighted by atomic mass is 10.2. The highest BCUT2D eigenvalue weighted by atomic mass is 28.3. The van der Waals surface area contributed by atoms with Crippen molar-refractivity contribution in [2.75, 3.05) is 0 Å². The molecule has 0 bridgehead atoms. The maximum absolute atomic E-state index is 13.1. The van der Waals surface area contributed by atoms with Crippen molar-refractivity contribution in [1.29, 1.82) is 0 Å². The second-order valence-electron chi connectivity index (χ2n) is 4.26. The molecular weight excluding hydrogens is 199 g/mol. The van der Waals surface area contributed by atoms with Crippen LogP contribution >= 0.6 is 0 Å². The molecule has 0 saturated heterocycles. The summed E-state index contributed by atoms with van der Waals surface area (Å²) in [5, 5.41) is 10.3. The Morgan fingerprint density at radius 1 is 1.36 bits per heavy atom. The number of hydrogen-bond acceptors (Lipinski definition) is 2. The number of phenolic OH excluding ortho intramolecular Hbond substituents is 1. The van der Waals surface area contributed by atoms with Gasteiger partial charge in [-0.05, 0) is 17.3 Å². The molecule has 0 heterocycles. The highest BCUT2D eigenvalue weighted by Gasteiger charge is 2.23. The Kier molecular flexibility index (Phi) is 2.75. The van der Waals surface area contributed by atoms with Crippen LogP contribution in [0.5, 0.6) is 5.75 Å². The van der Waals surface area contributed by atoms with E-state index in [4.69, 9.17) is 0 Å². The highest BCUT2D eigenvalue weighted by molar-refractivity contribution is 6.89. The first kappa shape index (κ1) is 10.9. The minimum atomic E-state index is -1.81. The van der Waals surface area contributed by atoms with Crippen molar-refractivity contribution in [3.05, 3.63) is 23.5 Å². The van der Waals surface area contributed by atoms with Crippen LogP contribution < -0.4 is 5.19 Å². The quantitative estimate of drug-likeness (QED) is 0.600. The van der Waals surface area contributed by atoms with Crippen LogP contribution in [0, 0.1) is 5.82 Å². The van der Waals surface area contributed by atoms with Crippen LogP contribution in [0.4, 0.5) is 4.39 Å². The average molecular weight is 212 g/mol. The van der Waals surface area contributed by atoms with Gasteiger partial charge in [0.25, 0.3) is 0 Å². The lowest BCUT2D eigenvalue weighted by Crippen LogP contribution is -2.38. The number of aromatic hydroxyl groups is 1. The first-order valence-electron chi connectivity index (χ1n) is 4.34. The van der Waals surface area contributed by atoms with Crippen molar-refractivity contribution in [2.24, 2.45) is 0 Å². The molecule has 76 valence electrons. The van der Waals surface area contributed by atoms with Gasteiger partial charge in [0, 0.05) is 0 Å². The van der Waals surface area contributed by atoms with Crippen molar-refractivity contribution in [3.8, 4) is 5.75 Å². The molecule has 1 N–H and O–H groups in total. The molecule has 0 saturated carbocycles. The van der Waals surface area contributed by atoms with Gasteiger partial charge in [-0.3, -0.25) is 4.79 Å². The molecule has 0 aliphatic heterocycles. The molecule has 0 aromatic heterocycles. The fourth-order valence-electron chi connectivity index (χ4n) is 1.28. The summed E-state index contributed by atoms with van der Waals surface area (Å²) in [6.45, 7) is 5.95. The molecule has 0 atom stereocenters. The first-order valence-corrected chi connectivity index (χ1v) is 7.84. The summed E-state index contributed by atoms with van der Waals surface area (Å²) in [5.74, 6) is -0.539. The van der Waals surface area contributed by atoms with Crippen molar-refractivity contribution < 1.29 is 14.3 Å². The fourth-order valence-corrected chi connectivity index (χ4v) is 2.71. The van der Waals surface area contributed by atoms with Crippen LogP contribution in [-0.2, 0) is 0 Å². The largest absolute Gasteiger partial charge is 0.507 e. The van der Waals surface area contributed by atoms with Gasteiger partial charge in [-0.1, -0.05) is 19.6 Å². The molecule has 0 fully saturated rings. The number of aldehydes is 1. The summed E-state index contributed by atoms with van der Waals surface area (Å²) >= 11 is 0. The van der Waals surface area contributed by atoms with Crippen LogP contribution in [-0.4, -0.2) is 19.5 Å². The highest BCUT2D eigenvalue weighted by Crippen LogP contribution is 2.18. The Bertz CT molecular complexity index is 369. The molecule has 0 spiro atoms. The molecular formula is C10H13FO2Si. The van der Waals surface area contributed by atoms with Crippen LogP contribution in [0.25, 0.3) is 0 Å². The van der Waals surface area contributed by atoms with Crippen LogP contribution in [0.2, 0.25) is 19.6 Å². The molecule has 0 aliphatic carbocycles. The molecule has 1 aromatic rings. The molecule has 2 nitrogen and oxygen atoms in total. The zero-order valence-electron chi connectivity index (χ0n) is 8.47. The van der Waals surface area contributed by atoms with Crippen molar-refractivity contribution in [1.82, 2.24) is 0 Å². The average Bonchev–Trinajstić information content (AvgIpc) is 2.06. The molecule has 4 heteroatoms. The minimum Gasteiger partial charge on any atom is -0.507 e. The van der Waals surface area contributed by atoms with Gasteiger partial charge in [0.2, 0.25) is 0 Å². The molecule has 0 aliphatic rings. The van der Waals surface area contributed by atoms with Crippen molar-refractivity contribution in [3.63, 3.8) is 0 Å². The number of carbonyl (C=O) groups excluding carboxylic acids is 1. The number of benzene rings is 1. The molecule has 1 rings (SSSR count). The zero-order chi connectivity index (χ0) is 10.9. The number of halogens is 1. The molecule has 1 aromatic carbocycles. The van der Waals surface area contributed by atoms with Gasteiger partial charge in [0.15, 0.2) is 6.29 Å². The first-order chi connectivity index (χ1) is 6.36. The molecule has 0 unspecified atom stereocenters. The van der Waals surface area contributed by atoms with E-state index < -0.39 is 13.9 Å². The maximum Gasteiger partial charge on any atom is 0.153 e. The molecule has 14 heavy (non-hydrogen) atoms. The summed E-state index contributed by atoms with van der Waals surface area (Å²) in [6.07, 6.45) is 0.474. The van der Waals surface area contributed by atoms with Gasteiger partial charge in [0.05, 0.1) is 13.6 Å². The topological polar surface area (TPSA) is 37.3 Å². The van der Waals surface area contributed by atoms with Gasteiger partial charge >= 0.3 is 0 Å². The Labute approximate surface area is 83.4 Å². The Morgan fingerprint density at radius 2 is 1.93 bits per heavy atom. The number of hydrogen-bond donors (Lipinski definition) is 1. The summed E-state index contributed by atoms with van der Waals surface area (Å²) in [4.78, 5) is 10.5. The van der Waals surface area contributed by atoms with Gasteiger partial charge in [-0.2, -0.15) is 0 Å². The standard InChI is InChI=1S/C10H13FO2Si/c1-14(2,3)9-5-8(11)4-7(6-12)10(9)13/h4-6,13H,1-3H3. The fraction of sp³-hybridized carbons (Fsp3) is 0.300. The zero-order valence-corrected chi connectivity index (χ0v) is 9.47. The van der Waals surface area contributed by atoms with Gasteiger partial charge in [0.1, 0.15) is 11.6 Å². The van der Waals surface area contributed by atoms with Crippen LogP contribution in [0.1, 0.15) is 10.4 Å². The second-order valence-corrected chi connectivity index (χ2v) is 9.30. The van der Waals surface area contributed by atoms with E-state index in [1.807, 2.05) is 19.6 Å². The monoisotopic (exact) mass is 212 g/mol. The van der Waals surface area contributed by atoms with E-state index in [0.717, 1.165) is 6.07 Å². The van der Waals surface area contributed by atoms with E-state index in [9.17, 15) is 14.3 Å². The lowest BCUT2D eigenvalue weighted by molar-refractivity contribution is 0.112. The number of rotatable bonds is 2.